The van der Waals surface area contributed by atoms with Crippen LogP contribution in [-0.2, 0) is 0 Å². The summed E-state index contributed by atoms with van der Waals surface area (Å²) in [5.41, 5.74) is 10.6. The molecule has 0 bridgehead atoms. The third-order valence-corrected chi connectivity index (χ3v) is 7.60. The molecule has 4 heteroatoms. The van der Waals surface area contributed by atoms with Gasteiger partial charge in [0.25, 0.3) is 0 Å². The summed E-state index contributed by atoms with van der Waals surface area (Å²) in [5.74, 6) is 1.70. The van der Waals surface area contributed by atoms with E-state index in [9.17, 15) is 0 Å². The maximum atomic E-state index is 6.19. The Hall–Kier alpha value is -5.61. The molecule has 0 unspecified atom stereocenters. The molecule has 2 aromatic heterocycles. The van der Waals surface area contributed by atoms with E-state index in [2.05, 4.69) is 113 Å². The normalized spacial score (nSPS) is 12.0. The van der Waals surface area contributed by atoms with E-state index in [-0.39, 0.29) is 0 Å². The number of hydrogen-bond acceptors (Lipinski definition) is 3. The van der Waals surface area contributed by atoms with Crippen molar-refractivity contribution in [1.82, 2.24) is 9.38 Å². The lowest BCUT2D eigenvalue weighted by Gasteiger charge is -2.32. The minimum atomic E-state index is 0.850. The van der Waals surface area contributed by atoms with E-state index in [1.54, 1.807) is 0 Å². The molecular formula is C37H25N3O. The van der Waals surface area contributed by atoms with Crippen molar-refractivity contribution in [2.45, 2.75) is 0 Å². The first-order chi connectivity index (χ1) is 20.3. The molecule has 0 fully saturated rings. The summed E-state index contributed by atoms with van der Waals surface area (Å²) in [6.07, 6.45) is 2.20. The van der Waals surface area contributed by atoms with Crippen molar-refractivity contribution in [3.05, 3.63) is 152 Å². The van der Waals surface area contributed by atoms with Crippen molar-refractivity contribution in [3.8, 4) is 45.1 Å². The summed E-state index contributed by atoms with van der Waals surface area (Å²) in [6.45, 7) is 0. The number of rotatable bonds is 4. The Morgan fingerprint density at radius 1 is 0.463 bits per heavy atom. The Morgan fingerprint density at radius 3 is 1.68 bits per heavy atom. The number of imidazole rings is 1. The van der Waals surface area contributed by atoms with Crippen molar-refractivity contribution in [1.29, 1.82) is 0 Å². The Morgan fingerprint density at radius 2 is 1.02 bits per heavy atom. The van der Waals surface area contributed by atoms with E-state index in [0.717, 1.165) is 67.9 Å². The van der Waals surface area contributed by atoms with Gasteiger partial charge in [0.05, 0.1) is 22.8 Å². The highest BCUT2D eigenvalue weighted by atomic mass is 16.5. The molecule has 3 heterocycles. The van der Waals surface area contributed by atoms with Crippen LogP contribution in [0, 0.1) is 0 Å². The predicted molar refractivity (Wildman–Crippen MR) is 166 cm³/mol. The third-order valence-electron chi connectivity index (χ3n) is 7.60. The second kappa shape index (κ2) is 9.54. The molecule has 0 amide bonds. The zero-order valence-electron chi connectivity index (χ0n) is 22.2. The molecule has 7 aromatic rings. The summed E-state index contributed by atoms with van der Waals surface area (Å²) < 4.78 is 8.41. The Balaban J connectivity index is 1.23. The highest BCUT2D eigenvalue weighted by Crippen LogP contribution is 2.50. The zero-order valence-corrected chi connectivity index (χ0v) is 22.2. The average molecular weight is 528 g/mol. The van der Waals surface area contributed by atoms with Gasteiger partial charge in [0.1, 0.15) is 5.65 Å². The summed E-state index contributed by atoms with van der Waals surface area (Å²) in [7, 11) is 0. The summed E-state index contributed by atoms with van der Waals surface area (Å²) in [4.78, 5) is 7.32. The Bertz CT molecular complexity index is 1970. The topological polar surface area (TPSA) is 29.8 Å². The molecule has 0 atom stereocenters. The number of ether oxygens (including phenoxy) is 1. The molecule has 5 aromatic carbocycles. The predicted octanol–water partition coefficient (Wildman–Crippen LogP) is 9.91. The molecule has 4 nitrogen and oxygen atoms in total. The lowest BCUT2D eigenvalue weighted by Crippen LogP contribution is -2.15. The van der Waals surface area contributed by atoms with Gasteiger partial charge >= 0.3 is 0 Å². The number of fused-ring (bicyclic) bond motifs is 3. The largest absolute Gasteiger partial charge is 0.453 e. The smallest absolute Gasteiger partial charge is 0.151 e. The van der Waals surface area contributed by atoms with Gasteiger partial charge in [-0.2, -0.15) is 0 Å². The number of benzene rings is 5. The quantitative estimate of drug-likeness (QED) is 0.228. The van der Waals surface area contributed by atoms with Crippen LogP contribution < -0.4 is 9.64 Å². The second-order valence-electron chi connectivity index (χ2n) is 10.1. The van der Waals surface area contributed by atoms with Gasteiger partial charge in [-0.05, 0) is 59.7 Å². The van der Waals surface area contributed by atoms with Crippen LogP contribution in [0.3, 0.4) is 0 Å². The first-order valence-corrected chi connectivity index (χ1v) is 13.7. The minimum absolute atomic E-state index is 0.850. The first kappa shape index (κ1) is 23.3. The maximum Gasteiger partial charge on any atom is 0.151 e. The van der Waals surface area contributed by atoms with Gasteiger partial charge in [-0.25, -0.2) is 4.98 Å². The lowest BCUT2D eigenvalue weighted by atomic mass is 10.0. The van der Waals surface area contributed by atoms with Crippen LogP contribution >= 0.6 is 0 Å². The minimum Gasteiger partial charge on any atom is -0.453 e. The first-order valence-electron chi connectivity index (χ1n) is 13.7. The van der Waals surface area contributed by atoms with Gasteiger partial charge in [-0.1, -0.05) is 97.1 Å². The van der Waals surface area contributed by atoms with Crippen LogP contribution in [0.2, 0.25) is 0 Å². The van der Waals surface area contributed by atoms with Gasteiger partial charge in [0, 0.05) is 23.0 Å². The molecule has 41 heavy (non-hydrogen) atoms. The van der Waals surface area contributed by atoms with Crippen molar-refractivity contribution < 1.29 is 4.74 Å². The van der Waals surface area contributed by atoms with Crippen LogP contribution in [0.1, 0.15) is 0 Å². The number of anilines is 3. The van der Waals surface area contributed by atoms with E-state index in [1.807, 2.05) is 48.5 Å². The summed E-state index contributed by atoms with van der Waals surface area (Å²) >= 11 is 0. The summed E-state index contributed by atoms with van der Waals surface area (Å²) in [6, 6.07) is 50.2. The number of aromatic nitrogens is 2. The fourth-order valence-corrected chi connectivity index (χ4v) is 5.67. The van der Waals surface area contributed by atoms with Gasteiger partial charge in [0.2, 0.25) is 0 Å². The van der Waals surface area contributed by atoms with Gasteiger partial charge in [-0.3, -0.25) is 4.40 Å². The third kappa shape index (κ3) is 3.97. The van der Waals surface area contributed by atoms with Crippen LogP contribution in [0.25, 0.3) is 39.3 Å². The standard InChI is InChI=1S/C37H25N3O/c1-3-11-27(12-4-1)36-37(28-13-5-2-6-14-28)39-25-29(21-24-35(39)38-36)26-19-22-30(23-20-26)40-31-15-7-9-17-33(31)41-34-18-10-8-16-32(34)40/h1-25H. The lowest BCUT2D eigenvalue weighted by molar-refractivity contribution is 0.477. The molecule has 1 aliphatic rings. The van der Waals surface area contributed by atoms with E-state index >= 15 is 0 Å². The summed E-state index contributed by atoms with van der Waals surface area (Å²) in [5, 5.41) is 0. The number of hydrogen-bond donors (Lipinski definition) is 0. The molecule has 0 aliphatic carbocycles. The van der Waals surface area contributed by atoms with E-state index in [4.69, 9.17) is 9.72 Å². The van der Waals surface area contributed by atoms with Crippen molar-refractivity contribution in [3.63, 3.8) is 0 Å². The van der Waals surface area contributed by atoms with Crippen LogP contribution in [0.5, 0.6) is 11.5 Å². The highest BCUT2D eigenvalue weighted by Gasteiger charge is 2.25. The van der Waals surface area contributed by atoms with Gasteiger partial charge in [0.15, 0.2) is 11.5 Å². The molecule has 1 aliphatic heterocycles. The molecule has 194 valence electrons. The molecule has 0 saturated heterocycles. The van der Waals surface area contributed by atoms with Crippen molar-refractivity contribution in [2.24, 2.45) is 0 Å². The van der Waals surface area contributed by atoms with Crippen molar-refractivity contribution in [2.75, 3.05) is 4.90 Å². The molecule has 0 N–H and O–H groups in total. The monoisotopic (exact) mass is 527 g/mol. The highest BCUT2D eigenvalue weighted by molar-refractivity contribution is 5.87. The number of para-hydroxylation sites is 4. The van der Waals surface area contributed by atoms with Crippen LogP contribution in [0.4, 0.5) is 17.1 Å². The fourth-order valence-electron chi connectivity index (χ4n) is 5.67. The Kier molecular flexibility index (Phi) is 5.42. The molecular weight excluding hydrogens is 502 g/mol. The van der Waals surface area contributed by atoms with Gasteiger partial charge < -0.3 is 9.64 Å². The van der Waals surface area contributed by atoms with E-state index in [0.29, 0.717) is 0 Å². The van der Waals surface area contributed by atoms with Gasteiger partial charge in [-0.15, -0.1) is 0 Å². The molecule has 0 radical (unpaired) electrons. The number of nitrogens with zero attached hydrogens (tertiary/aromatic N) is 3. The second-order valence-corrected chi connectivity index (χ2v) is 10.1. The number of pyridine rings is 1. The Labute approximate surface area is 238 Å². The molecule has 0 saturated carbocycles. The van der Waals surface area contributed by atoms with Crippen LogP contribution in [-0.4, -0.2) is 9.38 Å². The zero-order chi connectivity index (χ0) is 27.2. The van der Waals surface area contributed by atoms with E-state index < -0.39 is 0 Å². The SMILES string of the molecule is c1ccc(-c2nc3ccc(-c4ccc(N5c6ccccc6Oc6ccccc65)cc4)cn3c2-c2ccccc2)cc1. The van der Waals surface area contributed by atoms with E-state index in [1.165, 1.54) is 0 Å². The average Bonchev–Trinajstić information content (AvgIpc) is 3.43. The van der Waals surface area contributed by atoms with Crippen LogP contribution in [0.15, 0.2) is 152 Å². The van der Waals surface area contributed by atoms with Crippen molar-refractivity contribution >= 4 is 22.7 Å². The molecule has 8 rings (SSSR count). The molecule has 0 spiro atoms. The fraction of sp³-hybridized carbons (Fsp3) is 0. The maximum absolute atomic E-state index is 6.19.